The van der Waals surface area contributed by atoms with Crippen LogP contribution in [0.2, 0.25) is 5.02 Å². The van der Waals surface area contributed by atoms with E-state index in [0.29, 0.717) is 16.5 Å². The lowest BCUT2D eigenvalue weighted by atomic mass is 9.95. The minimum Gasteiger partial charge on any atom is -0.355 e. The second-order valence-corrected chi connectivity index (χ2v) is 8.73. The molecule has 1 saturated heterocycles. The Morgan fingerprint density at radius 3 is 2.42 bits per heavy atom. The Labute approximate surface area is 197 Å². The lowest BCUT2D eigenvalue weighted by Gasteiger charge is -2.32. The number of hydrogen-bond donors (Lipinski definition) is 1. The smallest absolute Gasteiger partial charge is 0.227 e. The van der Waals surface area contributed by atoms with Crippen molar-refractivity contribution >= 4 is 34.7 Å². The van der Waals surface area contributed by atoms with Gasteiger partial charge in [-0.15, -0.1) is 15.3 Å². The lowest BCUT2D eigenvalue weighted by molar-refractivity contribution is -0.120. The number of hydrogen-bond acceptors (Lipinski definition) is 5. The average Bonchev–Trinajstić information content (AvgIpc) is 3.28. The van der Waals surface area contributed by atoms with Gasteiger partial charge in [0.05, 0.1) is 0 Å². The van der Waals surface area contributed by atoms with E-state index in [4.69, 9.17) is 16.7 Å². The van der Waals surface area contributed by atoms with Gasteiger partial charge in [0.1, 0.15) is 5.82 Å². The van der Waals surface area contributed by atoms with Crippen LogP contribution in [0, 0.1) is 5.92 Å². The van der Waals surface area contributed by atoms with E-state index in [1.54, 1.807) is 4.52 Å². The summed E-state index contributed by atoms with van der Waals surface area (Å²) in [5.74, 6) is 1.61. The first-order valence-corrected chi connectivity index (χ1v) is 11.6. The Hall–Kier alpha value is -3.45. The van der Waals surface area contributed by atoms with Gasteiger partial charge in [-0.25, -0.2) is 0 Å². The molecule has 0 atom stereocenters. The number of benzene rings is 2. The summed E-state index contributed by atoms with van der Waals surface area (Å²) in [7, 11) is 0. The van der Waals surface area contributed by atoms with E-state index in [0.717, 1.165) is 49.4 Å². The topological polar surface area (TPSA) is 75.4 Å². The van der Waals surface area contributed by atoms with Crippen molar-refractivity contribution < 1.29 is 4.79 Å². The average molecular weight is 461 g/mol. The maximum atomic E-state index is 12.8. The van der Waals surface area contributed by atoms with E-state index in [9.17, 15) is 4.79 Å². The van der Waals surface area contributed by atoms with Crippen molar-refractivity contribution in [3.63, 3.8) is 0 Å². The molecule has 1 N–H and O–H groups in total. The predicted molar refractivity (Wildman–Crippen MR) is 131 cm³/mol. The maximum absolute atomic E-state index is 12.8. The van der Waals surface area contributed by atoms with Crippen LogP contribution >= 0.6 is 11.6 Å². The fourth-order valence-corrected chi connectivity index (χ4v) is 4.29. The highest BCUT2D eigenvalue weighted by molar-refractivity contribution is 6.30. The molecule has 168 valence electrons. The molecule has 0 saturated carbocycles. The number of carbonyl (C=O) groups excluding carboxylic acids is 1. The Morgan fingerprint density at radius 1 is 1.00 bits per heavy atom. The highest BCUT2D eigenvalue weighted by atomic mass is 35.5. The van der Waals surface area contributed by atoms with E-state index in [-0.39, 0.29) is 11.8 Å². The highest BCUT2D eigenvalue weighted by Gasteiger charge is 2.26. The number of fused-ring (bicyclic) bond motifs is 1. The molecular formula is C25H25ClN6O. The highest BCUT2D eigenvalue weighted by Crippen LogP contribution is 2.25. The molecule has 0 radical (unpaired) electrons. The van der Waals surface area contributed by atoms with E-state index in [1.165, 1.54) is 5.56 Å². The van der Waals surface area contributed by atoms with E-state index < -0.39 is 0 Å². The molecule has 1 amide bonds. The van der Waals surface area contributed by atoms with Gasteiger partial charge in [-0.05, 0) is 73.4 Å². The number of anilines is 2. The molecule has 2 aromatic heterocycles. The largest absolute Gasteiger partial charge is 0.355 e. The molecule has 7 nitrogen and oxygen atoms in total. The number of nitrogens with zero attached hydrogens (tertiary/aromatic N) is 5. The van der Waals surface area contributed by atoms with Gasteiger partial charge in [-0.3, -0.25) is 4.79 Å². The predicted octanol–water partition coefficient (Wildman–Crippen LogP) is 4.86. The summed E-state index contributed by atoms with van der Waals surface area (Å²) in [6, 6.07) is 19.4. The number of halogens is 1. The van der Waals surface area contributed by atoms with Gasteiger partial charge < -0.3 is 10.2 Å². The number of aryl methyl sites for hydroxylation is 1. The summed E-state index contributed by atoms with van der Waals surface area (Å²) in [5.41, 5.74) is 3.71. The van der Waals surface area contributed by atoms with Crippen molar-refractivity contribution in [2.75, 3.05) is 23.3 Å². The molecule has 33 heavy (non-hydrogen) atoms. The first-order valence-electron chi connectivity index (χ1n) is 11.2. The fourth-order valence-electron chi connectivity index (χ4n) is 4.17. The number of piperidine rings is 1. The number of nitrogens with one attached hydrogen (secondary N) is 1. The van der Waals surface area contributed by atoms with E-state index in [1.807, 2.05) is 48.5 Å². The third-order valence-electron chi connectivity index (χ3n) is 6.17. The summed E-state index contributed by atoms with van der Waals surface area (Å²) in [5, 5.41) is 17.1. The molecule has 1 aliphatic rings. The van der Waals surface area contributed by atoms with Crippen LogP contribution in [0.1, 0.15) is 25.3 Å². The zero-order chi connectivity index (χ0) is 22.8. The molecule has 0 spiro atoms. The second kappa shape index (κ2) is 9.19. The summed E-state index contributed by atoms with van der Waals surface area (Å²) >= 11 is 6.02. The molecule has 8 heteroatoms. The third-order valence-corrected chi connectivity index (χ3v) is 6.42. The van der Waals surface area contributed by atoms with Crippen molar-refractivity contribution in [3.8, 4) is 11.4 Å². The standard InChI is InChI=1S/C25H25ClN6O/c1-2-17-3-9-21(10-4-17)27-25(33)19-13-15-31(16-14-19)23-12-11-22-28-29-24(32(22)30-23)18-5-7-20(26)8-6-18/h3-12,19H,2,13-16H2,1H3,(H,27,33). The Kier molecular flexibility index (Phi) is 5.96. The van der Waals surface area contributed by atoms with Crippen molar-refractivity contribution in [2.45, 2.75) is 26.2 Å². The van der Waals surface area contributed by atoms with Crippen LogP contribution in [0.5, 0.6) is 0 Å². The van der Waals surface area contributed by atoms with Crippen LogP contribution in [0.15, 0.2) is 60.7 Å². The molecule has 0 unspecified atom stereocenters. The molecule has 2 aromatic carbocycles. The Morgan fingerprint density at radius 2 is 1.73 bits per heavy atom. The van der Waals surface area contributed by atoms with Gasteiger partial charge in [0.15, 0.2) is 11.5 Å². The van der Waals surface area contributed by atoms with Crippen molar-refractivity contribution in [3.05, 3.63) is 71.2 Å². The number of amides is 1. The quantitative estimate of drug-likeness (QED) is 0.460. The molecule has 5 rings (SSSR count). The van der Waals surface area contributed by atoms with E-state index >= 15 is 0 Å². The van der Waals surface area contributed by atoms with Gasteiger partial charge in [0.2, 0.25) is 5.91 Å². The third kappa shape index (κ3) is 4.54. The fraction of sp³-hybridized carbons (Fsp3) is 0.280. The summed E-state index contributed by atoms with van der Waals surface area (Å²) in [6.45, 7) is 3.66. The van der Waals surface area contributed by atoms with Crippen molar-refractivity contribution in [2.24, 2.45) is 5.92 Å². The van der Waals surface area contributed by atoms with Gasteiger partial charge in [-0.1, -0.05) is 30.7 Å². The first kappa shape index (κ1) is 21.4. The normalized spacial score (nSPS) is 14.5. The van der Waals surface area contributed by atoms with Gasteiger partial charge in [0.25, 0.3) is 0 Å². The number of rotatable bonds is 5. The molecule has 1 aliphatic heterocycles. The molecule has 1 fully saturated rings. The molecular weight excluding hydrogens is 436 g/mol. The molecule has 0 bridgehead atoms. The summed E-state index contributed by atoms with van der Waals surface area (Å²) < 4.78 is 1.76. The van der Waals surface area contributed by atoms with Gasteiger partial charge in [-0.2, -0.15) is 4.52 Å². The minimum absolute atomic E-state index is 0.00428. The molecule has 3 heterocycles. The van der Waals surface area contributed by atoms with Crippen molar-refractivity contribution in [1.82, 2.24) is 19.8 Å². The summed E-state index contributed by atoms with van der Waals surface area (Å²) in [4.78, 5) is 15.0. The van der Waals surface area contributed by atoms with Crippen molar-refractivity contribution in [1.29, 1.82) is 0 Å². The monoisotopic (exact) mass is 460 g/mol. The van der Waals surface area contributed by atoms with E-state index in [2.05, 4.69) is 39.5 Å². The number of aromatic nitrogens is 4. The summed E-state index contributed by atoms with van der Waals surface area (Å²) in [6.07, 6.45) is 2.55. The van der Waals surface area contributed by atoms with Gasteiger partial charge >= 0.3 is 0 Å². The number of carbonyl (C=O) groups is 1. The second-order valence-electron chi connectivity index (χ2n) is 8.29. The molecule has 4 aromatic rings. The van der Waals surface area contributed by atoms with Crippen LogP contribution in [0.3, 0.4) is 0 Å². The molecule has 0 aliphatic carbocycles. The van der Waals surface area contributed by atoms with Gasteiger partial charge in [0, 0.05) is 35.3 Å². The Balaban J connectivity index is 1.26. The van der Waals surface area contributed by atoms with Crippen LogP contribution in [-0.4, -0.2) is 38.8 Å². The maximum Gasteiger partial charge on any atom is 0.227 e. The minimum atomic E-state index is -0.00428. The SMILES string of the molecule is CCc1ccc(NC(=O)C2CCN(c3ccc4nnc(-c5ccc(Cl)cc5)n4n3)CC2)cc1. The Bertz CT molecular complexity index is 1260. The van der Waals surface area contributed by atoms with Crippen LogP contribution in [-0.2, 0) is 11.2 Å². The van der Waals surface area contributed by atoms with Crippen LogP contribution in [0.25, 0.3) is 17.0 Å². The zero-order valence-electron chi connectivity index (χ0n) is 18.4. The lowest BCUT2D eigenvalue weighted by Crippen LogP contribution is -2.38. The first-order chi connectivity index (χ1) is 16.1. The van der Waals surface area contributed by atoms with Crippen LogP contribution in [0.4, 0.5) is 11.5 Å². The zero-order valence-corrected chi connectivity index (χ0v) is 19.2. The van der Waals surface area contributed by atoms with Crippen LogP contribution < -0.4 is 10.2 Å².